The van der Waals surface area contributed by atoms with Crippen molar-refractivity contribution in [3.63, 3.8) is 0 Å². The molecule has 0 heterocycles. The first kappa shape index (κ1) is 17.4. The molecule has 2 atom stereocenters. The molecule has 0 aliphatic rings. The third-order valence-corrected chi connectivity index (χ3v) is 3.34. The van der Waals surface area contributed by atoms with Crippen LogP contribution in [0.25, 0.3) is 0 Å². The Labute approximate surface area is 123 Å². The van der Waals surface area contributed by atoms with Crippen LogP contribution >= 0.6 is 0 Å². The normalized spacial score (nSPS) is 13.9. The largest absolute Gasteiger partial charge is 0.396 e. The Morgan fingerprint density at radius 1 is 1.24 bits per heavy atom. The van der Waals surface area contributed by atoms with Gasteiger partial charge in [0.05, 0.1) is 6.04 Å². The fraction of sp³-hybridized carbons (Fsp3) is 0.533. The zero-order chi connectivity index (χ0) is 16.0. The van der Waals surface area contributed by atoms with E-state index in [0.29, 0.717) is 6.42 Å². The first-order valence-electron chi connectivity index (χ1n) is 6.98. The highest BCUT2D eigenvalue weighted by Gasteiger charge is 2.18. The Balaban J connectivity index is 2.65. The van der Waals surface area contributed by atoms with Crippen LogP contribution in [0.1, 0.15) is 38.8 Å². The second kappa shape index (κ2) is 7.93. The minimum atomic E-state index is -0.696. The van der Waals surface area contributed by atoms with Gasteiger partial charge in [0.2, 0.25) is 0 Å². The van der Waals surface area contributed by atoms with Crippen LogP contribution in [0, 0.1) is 17.6 Å². The standard InChI is InChI=1S/C15H22F2N2O2/c1-9(2)14(6-7-20)19-15(21)18-10(3)12-5-4-11(16)8-13(12)17/h4-5,8-10,14,20H,6-7H2,1-3H3,(H2,18,19,21). The molecule has 1 aromatic rings. The molecule has 1 rings (SSSR count). The Morgan fingerprint density at radius 3 is 2.43 bits per heavy atom. The summed E-state index contributed by atoms with van der Waals surface area (Å²) < 4.78 is 26.5. The predicted molar refractivity (Wildman–Crippen MR) is 76.8 cm³/mol. The Kier molecular flexibility index (Phi) is 6.55. The maximum absolute atomic E-state index is 13.6. The van der Waals surface area contributed by atoms with Crippen molar-refractivity contribution in [1.29, 1.82) is 0 Å². The number of nitrogens with one attached hydrogen (secondary N) is 2. The molecule has 21 heavy (non-hydrogen) atoms. The first-order chi connectivity index (χ1) is 9.85. The fourth-order valence-electron chi connectivity index (χ4n) is 2.05. The maximum atomic E-state index is 13.6. The lowest BCUT2D eigenvalue weighted by atomic mass is 10.0. The summed E-state index contributed by atoms with van der Waals surface area (Å²) >= 11 is 0. The highest BCUT2D eigenvalue weighted by atomic mass is 19.1. The number of aliphatic hydroxyl groups is 1. The second-order valence-corrected chi connectivity index (χ2v) is 5.37. The van der Waals surface area contributed by atoms with Crippen LogP contribution in [0.4, 0.5) is 13.6 Å². The van der Waals surface area contributed by atoms with Crippen LogP contribution in [-0.2, 0) is 0 Å². The van der Waals surface area contributed by atoms with Crippen molar-refractivity contribution >= 4 is 6.03 Å². The van der Waals surface area contributed by atoms with Gasteiger partial charge in [0, 0.05) is 24.3 Å². The SMILES string of the molecule is CC(NC(=O)NC(CCO)C(C)C)c1ccc(F)cc1F. The summed E-state index contributed by atoms with van der Waals surface area (Å²) in [5.41, 5.74) is 0.217. The summed E-state index contributed by atoms with van der Waals surface area (Å²) in [5, 5.41) is 14.3. The third-order valence-electron chi connectivity index (χ3n) is 3.34. The number of carbonyl (C=O) groups is 1. The average molecular weight is 300 g/mol. The quantitative estimate of drug-likeness (QED) is 0.756. The van der Waals surface area contributed by atoms with E-state index in [0.717, 1.165) is 12.1 Å². The van der Waals surface area contributed by atoms with Crippen molar-refractivity contribution in [2.24, 2.45) is 5.92 Å². The van der Waals surface area contributed by atoms with Crippen LogP contribution in [0.15, 0.2) is 18.2 Å². The maximum Gasteiger partial charge on any atom is 0.315 e. The van der Waals surface area contributed by atoms with Gasteiger partial charge in [-0.2, -0.15) is 0 Å². The zero-order valence-electron chi connectivity index (χ0n) is 12.5. The minimum absolute atomic E-state index is 0.0225. The van der Waals surface area contributed by atoms with E-state index in [1.165, 1.54) is 6.07 Å². The van der Waals surface area contributed by atoms with Crippen LogP contribution in [0.2, 0.25) is 0 Å². The van der Waals surface area contributed by atoms with Gasteiger partial charge in [-0.05, 0) is 25.3 Å². The summed E-state index contributed by atoms with van der Waals surface area (Å²) in [6, 6.07) is 2.04. The minimum Gasteiger partial charge on any atom is -0.396 e. The van der Waals surface area contributed by atoms with Gasteiger partial charge in [-0.3, -0.25) is 0 Å². The molecule has 0 saturated heterocycles. The van der Waals surface area contributed by atoms with E-state index in [9.17, 15) is 13.6 Å². The van der Waals surface area contributed by atoms with E-state index in [2.05, 4.69) is 10.6 Å². The molecule has 118 valence electrons. The molecule has 3 N–H and O–H groups in total. The summed E-state index contributed by atoms with van der Waals surface area (Å²) in [5.74, 6) is -1.19. The Hall–Kier alpha value is -1.69. The molecule has 6 heteroatoms. The average Bonchev–Trinajstić information content (AvgIpc) is 2.37. The Morgan fingerprint density at radius 2 is 1.90 bits per heavy atom. The number of carbonyl (C=O) groups excluding carboxylic acids is 1. The van der Waals surface area contributed by atoms with E-state index in [4.69, 9.17) is 5.11 Å². The number of aliphatic hydroxyl groups excluding tert-OH is 1. The van der Waals surface area contributed by atoms with Gasteiger partial charge in [0.1, 0.15) is 11.6 Å². The lowest BCUT2D eigenvalue weighted by Gasteiger charge is -2.23. The second-order valence-electron chi connectivity index (χ2n) is 5.37. The molecule has 0 aliphatic carbocycles. The fourth-order valence-corrected chi connectivity index (χ4v) is 2.05. The predicted octanol–water partition coefficient (Wildman–Crippen LogP) is 2.73. The molecule has 2 amide bonds. The summed E-state index contributed by atoms with van der Waals surface area (Å²) in [6.45, 7) is 5.46. The number of hydrogen-bond acceptors (Lipinski definition) is 2. The van der Waals surface area contributed by atoms with E-state index in [1.54, 1.807) is 6.92 Å². The van der Waals surface area contributed by atoms with Gasteiger partial charge in [-0.15, -0.1) is 0 Å². The Bertz CT molecular complexity index is 481. The number of urea groups is 1. The van der Waals surface area contributed by atoms with Gasteiger partial charge in [0.15, 0.2) is 0 Å². The van der Waals surface area contributed by atoms with Crippen LogP contribution < -0.4 is 10.6 Å². The molecule has 0 aliphatic heterocycles. The molecule has 2 unspecified atom stereocenters. The molecule has 4 nitrogen and oxygen atoms in total. The number of halogens is 2. The van der Waals surface area contributed by atoms with Crippen LogP contribution in [-0.4, -0.2) is 23.8 Å². The van der Waals surface area contributed by atoms with Gasteiger partial charge >= 0.3 is 6.03 Å². The smallest absolute Gasteiger partial charge is 0.315 e. The molecule has 0 saturated carbocycles. The van der Waals surface area contributed by atoms with Crippen molar-refractivity contribution in [1.82, 2.24) is 10.6 Å². The van der Waals surface area contributed by atoms with E-state index >= 15 is 0 Å². The molecule has 0 radical (unpaired) electrons. The number of benzene rings is 1. The molecule has 0 fully saturated rings. The van der Waals surface area contributed by atoms with Crippen molar-refractivity contribution < 1.29 is 18.7 Å². The van der Waals surface area contributed by atoms with Gasteiger partial charge in [-0.25, -0.2) is 13.6 Å². The molecular formula is C15H22F2N2O2. The summed E-state index contributed by atoms with van der Waals surface area (Å²) in [4.78, 5) is 11.9. The van der Waals surface area contributed by atoms with E-state index in [-0.39, 0.29) is 24.1 Å². The zero-order valence-corrected chi connectivity index (χ0v) is 12.5. The molecule has 1 aromatic carbocycles. The van der Waals surface area contributed by atoms with Crippen molar-refractivity contribution in [3.8, 4) is 0 Å². The lowest BCUT2D eigenvalue weighted by Crippen LogP contribution is -2.45. The highest BCUT2D eigenvalue weighted by molar-refractivity contribution is 5.74. The highest BCUT2D eigenvalue weighted by Crippen LogP contribution is 2.17. The van der Waals surface area contributed by atoms with Gasteiger partial charge in [-0.1, -0.05) is 19.9 Å². The third kappa shape index (κ3) is 5.30. The monoisotopic (exact) mass is 300 g/mol. The molecule has 0 aromatic heterocycles. The lowest BCUT2D eigenvalue weighted by molar-refractivity contribution is 0.216. The molecule has 0 bridgehead atoms. The van der Waals surface area contributed by atoms with Gasteiger partial charge in [0.25, 0.3) is 0 Å². The summed E-state index contributed by atoms with van der Waals surface area (Å²) in [7, 11) is 0. The first-order valence-corrected chi connectivity index (χ1v) is 6.98. The van der Waals surface area contributed by atoms with E-state index in [1.807, 2.05) is 13.8 Å². The summed E-state index contributed by atoms with van der Waals surface area (Å²) in [6.07, 6.45) is 0.449. The number of amides is 2. The van der Waals surface area contributed by atoms with Crippen LogP contribution in [0.3, 0.4) is 0 Å². The molecular weight excluding hydrogens is 278 g/mol. The number of rotatable bonds is 6. The number of hydrogen-bond donors (Lipinski definition) is 3. The molecule has 0 spiro atoms. The van der Waals surface area contributed by atoms with Crippen molar-refractivity contribution in [2.75, 3.05) is 6.61 Å². The van der Waals surface area contributed by atoms with Crippen LogP contribution in [0.5, 0.6) is 0 Å². The van der Waals surface area contributed by atoms with Crippen molar-refractivity contribution in [3.05, 3.63) is 35.4 Å². The van der Waals surface area contributed by atoms with Gasteiger partial charge < -0.3 is 15.7 Å². The topological polar surface area (TPSA) is 61.4 Å². The van der Waals surface area contributed by atoms with E-state index < -0.39 is 23.7 Å². The van der Waals surface area contributed by atoms with Crippen molar-refractivity contribution in [2.45, 2.75) is 39.3 Å².